The lowest BCUT2D eigenvalue weighted by molar-refractivity contribution is 0.213. The standard InChI is InChI=1S/C14H12BrClFNO/c15-12-6-5-11(7-13(12)17)19-14(8-18)9-1-3-10(16)4-2-9/h1-7,14H,8,18H2. The zero-order chi connectivity index (χ0) is 13.8. The molecule has 0 amide bonds. The molecule has 0 fully saturated rings. The first-order valence-corrected chi connectivity index (χ1v) is 6.84. The minimum atomic E-state index is -0.371. The van der Waals surface area contributed by atoms with E-state index in [0.717, 1.165) is 5.56 Å². The third kappa shape index (κ3) is 3.69. The molecule has 0 bridgehead atoms. The highest BCUT2D eigenvalue weighted by Crippen LogP contribution is 2.26. The van der Waals surface area contributed by atoms with E-state index in [1.165, 1.54) is 6.07 Å². The monoisotopic (exact) mass is 343 g/mol. The molecule has 2 nitrogen and oxygen atoms in total. The van der Waals surface area contributed by atoms with Gasteiger partial charge in [-0.1, -0.05) is 23.7 Å². The molecule has 0 saturated carbocycles. The highest BCUT2D eigenvalue weighted by Gasteiger charge is 2.12. The van der Waals surface area contributed by atoms with Crippen LogP contribution in [-0.4, -0.2) is 6.54 Å². The number of benzene rings is 2. The van der Waals surface area contributed by atoms with Crippen molar-refractivity contribution in [3.05, 3.63) is 63.3 Å². The minimum absolute atomic E-state index is 0.291. The molecule has 0 aliphatic heterocycles. The van der Waals surface area contributed by atoms with Crippen LogP contribution in [0.25, 0.3) is 0 Å². The van der Waals surface area contributed by atoms with Gasteiger partial charge in [-0.05, 0) is 45.8 Å². The van der Waals surface area contributed by atoms with E-state index in [1.54, 1.807) is 24.3 Å². The van der Waals surface area contributed by atoms with E-state index in [4.69, 9.17) is 22.1 Å². The van der Waals surface area contributed by atoms with Crippen molar-refractivity contribution in [3.8, 4) is 5.75 Å². The van der Waals surface area contributed by atoms with E-state index >= 15 is 0 Å². The van der Waals surface area contributed by atoms with Crippen LogP contribution in [-0.2, 0) is 0 Å². The number of halogens is 3. The van der Waals surface area contributed by atoms with E-state index in [-0.39, 0.29) is 11.9 Å². The maximum Gasteiger partial charge on any atom is 0.141 e. The van der Waals surface area contributed by atoms with Crippen LogP contribution in [0.3, 0.4) is 0 Å². The average Bonchev–Trinajstić information content (AvgIpc) is 2.41. The van der Waals surface area contributed by atoms with E-state index < -0.39 is 0 Å². The molecule has 1 unspecified atom stereocenters. The molecule has 0 aliphatic carbocycles. The van der Waals surface area contributed by atoms with Crippen LogP contribution >= 0.6 is 27.5 Å². The molecule has 2 rings (SSSR count). The Bertz CT molecular complexity index is 562. The van der Waals surface area contributed by atoms with Gasteiger partial charge in [0.05, 0.1) is 4.47 Å². The molecular weight excluding hydrogens is 333 g/mol. The Balaban J connectivity index is 2.18. The van der Waals surface area contributed by atoms with Gasteiger partial charge in [0.15, 0.2) is 0 Å². The van der Waals surface area contributed by atoms with Crippen molar-refractivity contribution in [2.75, 3.05) is 6.54 Å². The van der Waals surface area contributed by atoms with Crippen LogP contribution in [0.2, 0.25) is 5.02 Å². The predicted octanol–water partition coefficient (Wildman–Crippen LogP) is 4.32. The van der Waals surface area contributed by atoms with Gasteiger partial charge in [0.25, 0.3) is 0 Å². The maximum atomic E-state index is 13.4. The summed E-state index contributed by atoms with van der Waals surface area (Å²) in [4.78, 5) is 0. The number of nitrogens with two attached hydrogens (primary N) is 1. The summed E-state index contributed by atoms with van der Waals surface area (Å²) in [6, 6.07) is 11.8. The van der Waals surface area contributed by atoms with Gasteiger partial charge in [-0.25, -0.2) is 4.39 Å². The Hall–Kier alpha value is -1.10. The van der Waals surface area contributed by atoms with E-state index in [0.29, 0.717) is 21.8 Å². The third-order valence-corrected chi connectivity index (χ3v) is 3.52. The van der Waals surface area contributed by atoms with Gasteiger partial charge in [0.2, 0.25) is 0 Å². The second kappa shape index (κ2) is 6.37. The van der Waals surface area contributed by atoms with Gasteiger partial charge in [-0.3, -0.25) is 0 Å². The predicted molar refractivity (Wildman–Crippen MR) is 78.0 cm³/mol. The largest absolute Gasteiger partial charge is 0.484 e. The van der Waals surface area contributed by atoms with Crippen molar-refractivity contribution >= 4 is 27.5 Å². The molecule has 2 aromatic rings. The summed E-state index contributed by atoms with van der Waals surface area (Å²) in [7, 11) is 0. The molecule has 0 aliphatic rings. The molecule has 0 radical (unpaired) electrons. The van der Waals surface area contributed by atoms with Gasteiger partial charge >= 0.3 is 0 Å². The summed E-state index contributed by atoms with van der Waals surface area (Å²) in [5.74, 6) is 0.0653. The number of rotatable bonds is 4. The van der Waals surface area contributed by atoms with Crippen LogP contribution in [0.4, 0.5) is 4.39 Å². The Labute approximate surface area is 124 Å². The molecule has 100 valence electrons. The lowest BCUT2D eigenvalue weighted by Crippen LogP contribution is -2.18. The fourth-order valence-electron chi connectivity index (χ4n) is 1.64. The van der Waals surface area contributed by atoms with Crippen LogP contribution in [0.1, 0.15) is 11.7 Å². The second-order valence-electron chi connectivity index (χ2n) is 3.97. The number of ether oxygens (including phenoxy) is 1. The fourth-order valence-corrected chi connectivity index (χ4v) is 2.02. The Morgan fingerprint density at radius 1 is 1.21 bits per heavy atom. The summed E-state index contributed by atoms with van der Waals surface area (Å²) in [5, 5.41) is 0.647. The SMILES string of the molecule is NCC(Oc1ccc(Br)c(F)c1)c1ccc(Cl)cc1. The normalized spacial score (nSPS) is 12.2. The lowest BCUT2D eigenvalue weighted by Gasteiger charge is -2.18. The summed E-state index contributed by atoms with van der Waals surface area (Å²) >= 11 is 8.93. The van der Waals surface area contributed by atoms with Gasteiger partial charge in [-0.15, -0.1) is 0 Å². The molecule has 0 saturated heterocycles. The topological polar surface area (TPSA) is 35.2 Å². The van der Waals surface area contributed by atoms with Gasteiger partial charge in [-0.2, -0.15) is 0 Å². The first-order valence-electron chi connectivity index (χ1n) is 5.67. The van der Waals surface area contributed by atoms with Crippen molar-refractivity contribution in [2.45, 2.75) is 6.10 Å². The second-order valence-corrected chi connectivity index (χ2v) is 5.26. The van der Waals surface area contributed by atoms with Gasteiger partial charge in [0, 0.05) is 17.6 Å². The van der Waals surface area contributed by atoms with E-state index in [2.05, 4.69) is 15.9 Å². The molecule has 1 atom stereocenters. The average molecular weight is 345 g/mol. The zero-order valence-electron chi connectivity index (χ0n) is 9.95. The summed E-state index contributed by atoms with van der Waals surface area (Å²) in [6.45, 7) is 0.291. The molecule has 0 aromatic heterocycles. The minimum Gasteiger partial charge on any atom is -0.484 e. The summed E-state index contributed by atoms with van der Waals surface area (Å²) < 4.78 is 19.5. The fraction of sp³-hybridized carbons (Fsp3) is 0.143. The van der Waals surface area contributed by atoms with E-state index in [9.17, 15) is 4.39 Å². The quantitative estimate of drug-likeness (QED) is 0.896. The first-order chi connectivity index (χ1) is 9.10. The number of hydrogen-bond acceptors (Lipinski definition) is 2. The lowest BCUT2D eigenvalue weighted by atomic mass is 10.1. The molecule has 19 heavy (non-hydrogen) atoms. The molecule has 0 heterocycles. The Morgan fingerprint density at radius 2 is 1.89 bits per heavy atom. The van der Waals surface area contributed by atoms with E-state index in [1.807, 2.05) is 12.1 Å². The highest BCUT2D eigenvalue weighted by molar-refractivity contribution is 9.10. The van der Waals surface area contributed by atoms with Crippen molar-refractivity contribution in [1.82, 2.24) is 0 Å². The zero-order valence-corrected chi connectivity index (χ0v) is 12.3. The van der Waals surface area contributed by atoms with Gasteiger partial charge in [0.1, 0.15) is 17.7 Å². The van der Waals surface area contributed by atoms with Crippen LogP contribution in [0.15, 0.2) is 46.9 Å². The highest BCUT2D eigenvalue weighted by atomic mass is 79.9. The van der Waals surface area contributed by atoms with Crippen molar-refractivity contribution in [1.29, 1.82) is 0 Å². The van der Waals surface area contributed by atoms with Crippen molar-refractivity contribution < 1.29 is 9.13 Å². The Kier molecular flexibility index (Phi) is 4.80. The molecule has 2 aromatic carbocycles. The summed E-state index contributed by atoms with van der Waals surface area (Å²) in [5.41, 5.74) is 6.60. The van der Waals surface area contributed by atoms with Crippen molar-refractivity contribution in [2.24, 2.45) is 5.73 Å². The molecule has 2 N–H and O–H groups in total. The van der Waals surface area contributed by atoms with Crippen LogP contribution in [0, 0.1) is 5.82 Å². The van der Waals surface area contributed by atoms with Gasteiger partial charge < -0.3 is 10.5 Å². The Morgan fingerprint density at radius 3 is 2.47 bits per heavy atom. The summed E-state index contributed by atoms with van der Waals surface area (Å²) in [6.07, 6.45) is -0.335. The molecular formula is C14H12BrClFNO. The van der Waals surface area contributed by atoms with Crippen LogP contribution in [0.5, 0.6) is 5.75 Å². The molecule has 0 spiro atoms. The first kappa shape index (κ1) is 14.3. The smallest absolute Gasteiger partial charge is 0.141 e. The third-order valence-electron chi connectivity index (χ3n) is 2.63. The molecule has 5 heteroatoms. The van der Waals surface area contributed by atoms with Crippen molar-refractivity contribution in [3.63, 3.8) is 0 Å². The maximum absolute atomic E-state index is 13.4. The van der Waals surface area contributed by atoms with Crippen LogP contribution < -0.4 is 10.5 Å². The number of hydrogen-bond donors (Lipinski definition) is 1.